The number of carbonyl (C=O) groups excluding carboxylic acids is 1. The fourth-order valence-electron chi connectivity index (χ4n) is 3.42. The maximum Gasteiger partial charge on any atom is 0.261 e. The molecule has 0 radical (unpaired) electrons. The fourth-order valence-corrected chi connectivity index (χ4v) is 3.42. The predicted molar refractivity (Wildman–Crippen MR) is 112 cm³/mol. The van der Waals surface area contributed by atoms with E-state index in [4.69, 9.17) is 4.52 Å². The van der Waals surface area contributed by atoms with Gasteiger partial charge in [0.05, 0.1) is 11.2 Å². The van der Waals surface area contributed by atoms with Gasteiger partial charge in [-0.1, -0.05) is 47.1 Å². The molecule has 29 heavy (non-hydrogen) atoms. The van der Waals surface area contributed by atoms with Crippen molar-refractivity contribution in [3.8, 4) is 11.3 Å². The summed E-state index contributed by atoms with van der Waals surface area (Å²) in [5.41, 5.74) is 4.21. The van der Waals surface area contributed by atoms with E-state index in [1.54, 1.807) is 6.07 Å². The number of nitrogens with zero attached hydrogens (tertiary/aromatic N) is 1. The van der Waals surface area contributed by atoms with Crippen molar-refractivity contribution in [3.05, 3.63) is 87.3 Å². The minimum Gasteiger partial charge on any atom is -0.356 e. The number of amides is 1. The summed E-state index contributed by atoms with van der Waals surface area (Å²) in [6.45, 7) is 4.27. The van der Waals surface area contributed by atoms with Crippen LogP contribution < -0.4 is 10.9 Å². The molecule has 0 unspecified atom stereocenters. The molecule has 0 saturated heterocycles. The van der Waals surface area contributed by atoms with Crippen LogP contribution >= 0.6 is 0 Å². The van der Waals surface area contributed by atoms with E-state index >= 15 is 0 Å². The van der Waals surface area contributed by atoms with Gasteiger partial charge in [0.15, 0.2) is 5.76 Å². The number of aromatic amines is 1. The molecule has 0 spiro atoms. The summed E-state index contributed by atoms with van der Waals surface area (Å²) in [5, 5.41) is 7.68. The van der Waals surface area contributed by atoms with Crippen LogP contribution in [0.15, 0.2) is 63.9 Å². The van der Waals surface area contributed by atoms with Gasteiger partial charge in [0.25, 0.3) is 11.5 Å². The predicted octanol–water partition coefficient (Wildman–Crippen LogP) is 3.77. The molecule has 4 rings (SSSR count). The van der Waals surface area contributed by atoms with Gasteiger partial charge in [-0.3, -0.25) is 9.59 Å². The summed E-state index contributed by atoms with van der Waals surface area (Å²) in [4.78, 5) is 27.7. The standard InChI is InChI=1S/C23H21N3O3/c1-14-10-15(2)21-17(11-14)12-19(23(28)25-21)22(27)24-9-8-18-13-20(29-26-18)16-6-4-3-5-7-16/h3-7,10-13H,8-9H2,1-2H3,(H,24,27)(H,25,28). The highest BCUT2D eigenvalue weighted by Crippen LogP contribution is 2.20. The fraction of sp³-hybridized carbons (Fsp3) is 0.174. The number of aromatic nitrogens is 2. The molecule has 2 aromatic heterocycles. The molecule has 2 heterocycles. The van der Waals surface area contributed by atoms with E-state index in [1.165, 1.54) is 0 Å². The Labute approximate surface area is 167 Å². The minimum atomic E-state index is -0.404. The van der Waals surface area contributed by atoms with E-state index in [9.17, 15) is 9.59 Å². The van der Waals surface area contributed by atoms with E-state index in [2.05, 4.69) is 15.5 Å². The molecular weight excluding hydrogens is 366 g/mol. The number of pyridine rings is 1. The number of fused-ring (bicyclic) bond motifs is 1. The van der Waals surface area contributed by atoms with Gasteiger partial charge < -0.3 is 14.8 Å². The number of hydrogen-bond acceptors (Lipinski definition) is 4. The van der Waals surface area contributed by atoms with Crippen molar-refractivity contribution in [1.82, 2.24) is 15.5 Å². The molecule has 6 heteroatoms. The summed E-state index contributed by atoms with van der Waals surface area (Å²) in [5.74, 6) is 0.280. The van der Waals surface area contributed by atoms with Crippen LogP contribution in [0, 0.1) is 13.8 Å². The monoisotopic (exact) mass is 387 g/mol. The van der Waals surface area contributed by atoms with Gasteiger partial charge in [-0.05, 0) is 36.9 Å². The molecular formula is C23H21N3O3. The van der Waals surface area contributed by atoms with Crippen LogP contribution in [0.4, 0.5) is 0 Å². The van der Waals surface area contributed by atoms with Gasteiger partial charge in [0.2, 0.25) is 0 Å². The summed E-state index contributed by atoms with van der Waals surface area (Å²) in [6.07, 6.45) is 0.506. The van der Waals surface area contributed by atoms with Crippen molar-refractivity contribution in [1.29, 1.82) is 0 Å². The normalized spacial score (nSPS) is 11.0. The van der Waals surface area contributed by atoms with Crippen LogP contribution in [-0.2, 0) is 6.42 Å². The molecule has 1 amide bonds. The maximum absolute atomic E-state index is 12.5. The summed E-state index contributed by atoms with van der Waals surface area (Å²) in [6, 6.07) is 17.2. The molecule has 2 N–H and O–H groups in total. The topological polar surface area (TPSA) is 88.0 Å². The molecule has 4 aromatic rings. The number of hydrogen-bond donors (Lipinski definition) is 2. The molecule has 0 bridgehead atoms. The van der Waals surface area contributed by atoms with Crippen molar-refractivity contribution in [2.45, 2.75) is 20.3 Å². The Bertz CT molecular complexity index is 1240. The molecule has 0 aliphatic carbocycles. The van der Waals surface area contributed by atoms with Gasteiger partial charge in [0.1, 0.15) is 5.56 Å². The molecule has 146 valence electrons. The van der Waals surface area contributed by atoms with Gasteiger partial charge in [-0.15, -0.1) is 0 Å². The van der Waals surface area contributed by atoms with Gasteiger partial charge in [-0.25, -0.2) is 0 Å². The van der Waals surface area contributed by atoms with Gasteiger partial charge in [0, 0.05) is 24.6 Å². The number of H-pyrrole nitrogens is 1. The Kier molecular flexibility index (Phi) is 4.99. The highest BCUT2D eigenvalue weighted by Gasteiger charge is 2.13. The quantitative estimate of drug-likeness (QED) is 0.546. The number of nitrogens with one attached hydrogen (secondary N) is 2. The smallest absolute Gasteiger partial charge is 0.261 e. The molecule has 0 aliphatic heterocycles. The largest absolute Gasteiger partial charge is 0.356 e. The van der Waals surface area contributed by atoms with Crippen LogP contribution in [0.25, 0.3) is 22.2 Å². The zero-order valence-corrected chi connectivity index (χ0v) is 16.3. The van der Waals surface area contributed by atoms with Crippen LogP contribution in [0.2, 0.25) is 0 Å². The number of benzene rings is 2. The Balaban J connectivity index is 1.44. The molecule has 0 saturated carbocycles. The second kappa shape index (κ2) is 7.75. The first-order chi connectivity index (χ1) is 14.0. The average molecular weight is 387 g/mol. The molecule has 6 nitrogen and oxygen atoms in total. The van der Waals surface area contributed by atoms with Crippen LogP contribution in [0.5, 0.6) is 0 Å². The Morgan fingerprint density at radius 2 is 1.90 bits per heavy atom. The van der Waals surface area contributed by atoms with Crippen molar-refractivity contribution < 1.29 is 9.32 Å². The lowest BCUT2D eigenvalue weighted by molar-refractivity contribution is 0.0952. The molecule has 0 fully saturated rings. The van der Waals surface area contributed by atoms with E-state index in [-0.39, 0.29) is 5.56 Å². The third-order valence-electron chi connectivity index (χ3n) is 4.82. The molecule has 0 aliphatic rings. The second-order valence-corrected chi connectivity index (χ2v) is 7.11. The summed E-state index contributed by atoms with van der Waals surface area (Å²) >= 11 is 0. The zero-order chi connectivity index (χ0) is 20.4. The van der Waals surface area contributed by atoms with Crippen LogP contribution in [-0.4, -0.2) is 22.6 Å². The highest BCUT2D eigenvalue weighted by atomic mass is 16.5. The van der Waals surface area contributed by atoms with E-state index in [1.807, 2.05) is 62.4 Å². The van der Waals surface area contributed by atoms with E-state index < -0.39 is 11.5 Å². The van der Waals surface area contributed by atoms with Crippen LogP contribution in [0.1, 0.15) is 27.2 Å². The Hall–Kier alpha value is -3.67. The number of aryl methyl sites for hydroxylation is 2. The zero-order valence-electron chi connectivity index (χ0n) is 16.3. The van der Waals surface area contributed by atoms with Gasteiger partial charge >= 0.3 is 0 Å². The maximum atomic E-state index is 12.5. The lowest BCUT2D eigenvalue weighted by atomic mass is 10.1. The van der Waals surface area contributed by atoms with Crippen molar-refractivity contribution >= 4 is 16.8 Å². The first-order valence-electron chi connectivity index (χ1n) is 9.45. The number of rotatable bonds is 5. The third-order valence-corrected chi connectivity index (χ3v) is 4.82. The van der Waals surface area contributed by atoms with Crippen molar-refractivity contribution in [2.75, 3.05) is 6.54 Å². The first-order valence-corrected chi connectivity index (χ1v) is 9.45. The third kappa shape index (κ3) is 3.96. The Morgan fingerprint density at radius 3 is 2.69 bits per heavy atom. The average Bonchev–Trinajstić information content (AvgIpc) is 3.18. The van der Waals surface area contributed by atoms with Crippen molar-refractivity contribution in [3.63, 3.8) is 0 Å². The van der Waals surface area contributed by atoms with E-state index in [0.717, 1.165) is 33.3 Å². The molecule has 0 atom stereocenters. The number of carbonyl (C=O) groups is 1. The lowest BCUT2D eigenvalue weighted by Crippen LogP contribution is -2.31. The van der Waals surface area contributed by atoms with Gasteiger partial charge in [-0.2, -0.15) is 0 Å². The minimum absolute atomic E-state index is 0.104. The molecule has 2 aromatic carbocycles. The summed E-state index contributed by atoms with van der Waals surface area (Å²) < 4.78 is 5.36. The van der Waals surface area contributed by atoms with Crippen molar-refractivity contribution in [2.24, 2.45) is 0 Å². The first kappa shape index (κ1) is 18.7. The van der Waals surface area contributed by atoms with E-state index in [0.29, 0.717) is 18.7 Å². The SMILES string of the molecule is Cc1cc(C)c2[nH]c(=O)c(C(=O)NCCc3cc(-c4ccccc4)on3)cc2c1. The van der Waals surface area contributed by atoms with Crippen LogP contribution in [0.3, 0.4) is 0 Å². The highest BCUT2D eigenvalue weighted by molar-refractivity contribution is 5.97. The second-order valence-electron chi connectivity index (χ2n) is 7.11. The summed E-state index contributed by atoms with van der Waals surface area (Å²) in [7, 11) is 0. The Morgan fingerprint density at radius 1 is 1.10 bits per heavy atom. The lowest BCUT2D eigenvalue weighted by Gasteiger charge is -2.07.